The number of nitrogens with zero attached hydrogens (tertiary/aromatic N) is 1. The molecule has 0 bridgehead atoms. The van der Waals surface area contributed by atoms with Crippen LogP contribution in [0.15, 0.2) is 0 Å². The summed E-state index contributed by atoms with van der Waals surface area (Å²) in [4.78, 5) is 37.4. The molecule has 0 saturated carbocycles. The Morgan fingerprint density at radius 2 is 1.25 bits per heavy atom. The Morgan fingerprint density at radius 1 is 0.850 bits per heavy atom. The molecule has 0 atom stereocenters. The Balaban J connectivity index is 5.50. The van der Waals surface area contributed by atoms with E-state index in [9.17, 15) is 14.4 Å². The van der Waals surface area contributed by atoms with Gasteiger partial charge in [0.15, 0.2) is 0 Å². The smallest absolute Gasteiger partial charge is 0.338 e. The molecule has 0 amide bonds. The Bertz CT molecular complexity index is 335. The summed E-state index contributed by atoms with van der Waals surface area (Å²) in [5, 5.41) is 0. The van der Waals surface area contributed by atoms with Gasteiger partial charge in [0.05, 0.1) is 26.2 Å². The molecule has 7 nitrogen and oxygen atoms in total. The zero-order chi connectivity index (χ0) is 15.8. The first kappa shape index (κ1) is 18.4. The largest absolute Gasteiger partial charge is 0.466 e. The molecule has 0 aromatic carbocycles. The minimum Gasteiger partial charge on any atom is -0.466 e. The zero-order valence-electron chi connectivity index (χ0n) is 12.7. The van der Waals surface area contributed by atoms with Gasteiger partial charge in [0.2, 0.25) is 5.54 Å². The van der Waals surface area contributed by atoms with Crippen LogP contribution in [-0.2, 0) is 28.6 Å². The lowest BCUT2D eigenvalue weighted by molar-refractivity contribution is -0.178. The maximum absolute atomic E-state index is 12.2. The van der Waals surface area contributed by atoms with E-state index in [0.717, 1.165) is 0 Å². The number of hydrogen-bond acceptors (Lipinski definition) is 7. The summed E-state index contributed by atoms with van der Waals surface area (Å²) in [6.45, 7) is 5.23. The van der Waals surface area contributed by atoms with E-state index in [2.05, 4.69) is 0 Å². The molecule has 0 aliphatic carbocycles. The van der Waals surface area contributed by atoms with Gasteiger partial charge in [0.1, 0.15) is 0 Å². The summed E-state index contributed by atoms with van der Waals surface area (Å²) in [5.74, 6) is -2.31. The number of esters is 3. The van der Waals surface area contributed by atoms with Crippen LogP contribution in [0.5, 0.6) is 0 Å². The Labute approximate surface area is 119 Å². The van der Waals surface area contributed by atoms with Crippen LogP contribution in [0.4, 0.5) is 0 Å². The predicted molar refractivity (Wildman–Crippen MR) is 70.9 cm³/mol. The molecule has 7 heteroatoms. The molecule has 0 aliphatic rings. The highest BCUT2D eigenvalue weighted by Gasteiger charge is 2.53. The van der Waals surface area contributed by atoms with Crippen molar-refractivity contribution in [3.63, 3.8) is 0 Å². The van der Waals surface area contributed by atoms with Gasteiger partial charge in [-0.3, -0.25) is 9.69 Å². The fraction of sp³-hybridized carbons (Fsp3) is 0.769. The Hall–Kier alpha value is -1.63. The SMILES string of the molecule is CCOC(=O)CC(C(=O)OCC)(C(=O)OCC)N(C)C. The highest BCUT2D eigenvalue weighted by atomic mass is 16.6. The molecule has 0 N–H and O–H groups in total. The summed E-state index contributed by atoms with van der Waals surface area (Å²) in [7, 11) is 3.01. The van der Waals surface area contributed by atoms with Crippen LogP contribution in [0.25, 0.3) is 0 Å². The molecule has 0 aliphatic heterocycles. The molecule has 0 rings (SSSR count). The second kappa shape index (κ2) is 8.52. The zero-order valence-corrected chi connectivity index (χ0v) is 12.7. The molecular weight excluding hydrogens is 266 g/mol. The average molecular weight is 289 g/mol. The lowest BCUT2D eigenvalue weighted by atomic mass is 9.93. The van der Waals surface area contributed by atoms with Gasteiger partial charge in [-0.2, -0.15) is 0 Å². The van der Waals surface area contributed by atoms with E-state index in [1.165, 1.54) is 19.0 Å². The van der Waals surface area contributed by atoms with Crippen LogP contribution in [0.3, 0.4) is 0 Å². The van der Waals surface area contributed by atoms with Gasteiger partial charge < -0.3 is 14.2 Å². The van der Waals surface area contributed by atoms with Crippen molar-refractivity contribution in [2.75, 3.05) is 33.9 Å². The third-order valence-corrected chi connectivity index (χ3v) is 2.70. The van der Waals surface area contributed by atoms with Crippen molar-refractivity contribution in [1.82, 2.24) is 4.90 Å². The van der Waals surface area contributed by atoms with Gasteiger partial charge in [-0.05, 0) is 34.9 Å². The highest BCUT2D eigenvalue weighted by Crippen LogP contribution is 2.23. The number of hydrogen-bond donors (Lipinski definition) is 0. The quantitative estimate of drug-likeness (QED) is 0.362. The van der Waals surface area contributed by atoms with E-state index in [1.807, 2.05) is 0 Å². The van der Waals surface area contributed by atoms with E-state index in [-0.39, 0.29) is 19.8 Å². The van der Waals surface area contributed by atoms with E-state index in [0.29, 0.717) is 0 Å². The van der Waals surface area contributed by atoms with Gasteiger partial charge in [-0.1, -0.05) is 0 Å². The van der Waals surface area contributed by atoms with Crippen LogP contribution in [0.1, 0.15) is 27.2 Å². The molecule has 0 spiro atoms. The van der Waals surface area contributed by atoms with Crippen LogP contribution < -0.4 is 0 Å². The van der Waals surface area contributed by atoms with Crippen molar-refractivity contribution in [1.29, 1.82) is 0 Å². The molecule has 0 heterocycles. The molecule has 0 aromatic heterocycles. The molecular formula is C13H23NO6. The summed E-state index contributed by atoms with van der Waals surface area (Å²) in [6.07, 6.45) is -0.453. The maximum Gasteiger partial charge on any atom is 0.338 e. The van der Waals surface area contributed by atoms with Crippen LogP contribution in [0.2, 0.25) is 0 Å². The summed E-state index contributed by atoms with van der Waals surface area (Å²) < 4.78 is 14.7. The fourth-order valence-electron chi connectivity index (χ4n) is 1.67. The monoisotopic (exact) mass is 289 g/mol. The minimum absolute atomic E-state index is 0.0939. The maximum atomic E-state index is 12.2. The van der Waals surface area contributed by atoms with E-state index in [4.69, 9.17) is 14.2 Å². The van der Waals surface area contributed by atoms with Crippen molar-refractivity contribution < 1.29 is 28.6 Å². The van der Waals surface area contributed by atoms with Gasteiger partial charge in [-0.25, -0.2) is 9.59 Å². The third-order valence-electron chi connectivity index (χ3n) is 2.70. The molecule has 0 unspecified atom stereocenters. The van der Waals surface area contributed by atoms with Gasteiger partial charge >= 0.3 is 17.9 Å². The molecule has 0 saturated heterocycles. The van der Waals surface area contributed by atoms with Crippen molar-refractivity contribution in [3.05, 3.63) is 0 Å². The van der Waals surface area contributed by atoms with Crippen molar-refractivity contribution in [3.8, 4) is 0 Å². The Morgan fingerprint density at radius 3 is 1.55 bits per heavy atom. The standard InChI is InChI=1S/C13H23NO6/c1-6-18-10(15)9-13(14(4)5,11(16)19-7-2)12(17)20-8-3/h6-9H2,1-5H3. The average Bonchev–Trinajstić information content (AvgIpc) is 2.36. The number of likely N-dealkylation sites (N-methyl/N-ethyl adjacent to an activating group) is 1. The molecule has 20 heavy (non-hydrogen) atoms. The second-order valence-electron chi connectivity index (χ2n) is 4.18. The number of ether oxygens (including phenoxy) is 3. The third kappa shape index (κ3) is 4.19. The molecule has 116 valence electrons. The minimum atomic E-state index is -1.82. The Kier molecular flexibility index (Phi) is 7.83. The first-order valence-electron chi connectivity index (χ1n) is 6.54. The molecule has 0 radical (unpaired) electrons. The van der Waals surface area contributed by atoms with Crippen molar-refractivity contribution in [2.24, 2.45) is 0 Å². The first-order chi connectivity index (χ1) is 9.36. The fourth-order valence-corrected chi connectivity index (χ4v) is 1.67. The van der Waals surface area contributed by atoms with Crippen molar-refractivity contribution in [2.45, 2.75) is 32.7 Å². The number of carbonyl (C=O) groups is 3. The number of rotatable bonds is 8. The van der Waals surface area contributed by atoms with Crippen molar-refractivity contribution >= 4 is 17.9 Å². The number of carbonyl (C=O) groups excluding carboxylic acids is 3. The lowest BCUT2D eigenvalue weighted by Gasteiger charge is -2.33. The van der Waals surface area contributed by atoms with E-state index in [1.54, 1.807) is 20.8 Å². The summed E-state index contributed by atoms with van der Waals surface area (Å²) in [5.41, 5.74) is -1.82. The van der Waals surface area contributed by atoms with E-state index < -0.39 is 29.9 Å². The van der Waals surface area contributed by atoms with Gasteiger partial charge in [-0.15, -0.1) is 0 Å². The highest BCUT2D eigenvalue weighted by molar-refractivity contribution is 6.07. The lowest BCUT2D eigenvalue weighted by Crippen LogP contribution is -2.60. The predicted octanol–water partition coefficient (Wildman–Crippen LogP) is 0.366. The van der Waals surface area contributed by atoms with Crippen LogP contribution in [0, 0.1) is 0 Å². The van der Waals surface area contributed by atoms with Gasteiger partial charge in [0.25, 0.3) is 0 Å². The summed E-state index contributed by atoms with van der Waals surface area (Å²) >= 11 is 0. The topological polar surface area (TPSA) is 82.1 Å². The molecule has 0 fully saturated rings. The second-order valence-corrected chi connectivity index (χ2v) is 4.18. The van der Waals surface area contributed by atoms with E-state index >= 15 is 0 Å². The first-order valence-corrected chi connectivity index (χ1v) is 6.54. The normalized spacial score (nSPS) is 11.1. The van der Waals surface area contributed by atoms with Crippen LogP contribution >= 0.6 is 0 Å². The summed E-state index contributed by atoms with van der Waals surface area (Å²) in [6, 6.07) is 0. The van der Waals surface area contributed by atoms with Crippen LogP contribution in [-0.4, -0.2) is 62.3 Å². The van der Waals surface area contributed by atoms with Gasteiger partial charge in [0, 0.05) is 0 Å². The molecule has 0 aromatic rings.